The Kier molecular flexibility index (Phi) is 10.4. The Balaban J connectivity index is 1.12. The van der Waals surface area contributed by atoms with Crippen molar-refractivity contribution in [1.29, 1.82) is 0 Å². The van der Waals surface area contributed by atoms with E-state index >= 15 is 0 Å². The van der Waals surface area contributed by atoms with E-state index in [9.17, 15) is 0 Å². The number of hydrogen-bond donors (Lipinski definition) is 0. The molecule has 0 fully saturated rings. The first-order valence-electron chi connectivity index (χ1n) is 27.0. The van der Waals surface area contributed by atoms with Crippen LogP contribution in [0.25, 0.3) is 44.5 Å². The lowest BCUT2D eigenvalue weighted by Gasteiger charge is -2.36. The van der Waals surface area contributed by atoms with Crippen molar-refractivity contribution in [2.24, 2.45) is 0 Å². The third kappa shape index (κ3) is 6.97. The molecule has 75 heavy (non-hydrogen) atoms. The van der Waals surface area contributed by atoms with E-state index in [1.807, 2.05) is 0 Å². The zero-order chi connectivity index (χ0) is 51.6. The van der Waals surface area contributed by atoms with Crippen molar-refractivity contribution in [3.8, 4) is 44.5 Å². The average molecular weight is 968 g/mol. The summed E-state index contributed by atoms with van der Waals surface area (Å²) in [5.41, 5.74) is 26.8. The van der Waals surface area contributed by atoms with Crippen molar-refractivity contribution in [2.45, 2.75) is 89.4 Å². The van der Waals surface area contributed by atoms with Crippen molar-refractivity contribution in [1.82, 2.24) is 0 Å². The Morgan fingerprint density at radius 3 is 1.13 bits per heavy atom. The van der Waals surface area contributed by atoms with Gasteiger partial charge in [-0.25, -0.2) is 0 Å². The van der Waals surface area contributed by atoms with Gasteiger partial charge in [0.25, 0.3) is 0 Å². The van der Waals surface area contributed by atoms with Crippen LogP contribution >= 0.6 is 0 Å². The summed E-state index contributed by atoms with van der Waals surface area (Å²) >= 11 is 0. The molecule has 3 aliphatic rings. The number of nitrogens with zero attached hydrogens (tertiary/aromatic N) is 1. The second-order valence-electron chi connectivity index (χ2n) is 24.5. The number of anilines is 3. The van der Waals surface area contributed by atoms with Crippen molar-refractivity contribution < 1.29 is 0 Å². The highest BCUT2D eigenvalue weighted by atomic mass is 15.1. The zero-order valence-electron chi connectivity index (χ0n) is 44.9. The number of para-hydroxylation sites is 1. The first-order valence-corrected chi connectivity index (χ1v) is 27.0. The SMILES string of the molecule is CC(C)(C)c1ccc(C2(c3ccccc3)c3ccccc3-c3ccc(N(c4ccc5c(c4)C4(c6ccccc6-c6ccc(C(C)(C)C)cc64)c4cc(C(C)(C)C)ccc4-5)c4ccccc4-c4ccccc4)cc32)cc1. The van der Waals surface area contributed by atoms with Crippen LogP contribution in [0.15, 0.2) is 231 Å². The Morgan fingerprint density at radius 2 is 0.627 bits per heavy atom. The predicted molar refractivity (Wildman–Crippen MR) is 316 cm³/mol. The summed E-state index contributed by atoms with van der Waals surface area (Å²) in [5, 5.41) is 0. The minimum atomic E-state index is -0.583. The van der Waals surface area contributed by atoms with Gasteiger partial charge < -0.3 is 4.90 Å². The largest absolute Gasteiger partial charge is 0.310 e. The van der Waals surface area contributed by atoms with Gasteiger partial charge in [0.15, 0.2) is 0 Å². The fourth-order valence-corrected chi connectivity index (χ4v) is 13.3. The lowest BCUT2D eigenvalue weighted by atomic mass is 9.67. The smallest absolute Gasteiger partial charge is 0.0726 e. The van der Waals surface area contributed by atoms with Crippen LogP contribution < -0.4 is 4.90 Å². The lowest BCUT2D eigenvalue weighted by molar-refractivity contribution is 0.586. The lowest BCUT2D eigenvalue weighted by Crippen LogP contribution is -2.29. The van der Waals surface area contributed by atoms with Gasteiger partial charge in [-0.3, -0.25) is 0 Å². The third-order valence-electron chi connectivity index (χ3n) is 17.1. The Labute approximate surface area is 445 Å². The highest BCUT2D eigenvalue weighted by Crippen LogP contribution is 2.65. The first-order chi connectivity index (χ1) is 36.1. The summed E-state index contributed by atoms with van der Waals surface area (Å²) in [5.74, 6) is 0. The molecule has 366 valence electrons. The van der Waals surface area contributed by atoms with E-state index in [1.54, 1.807) is 0 Å². The molecule has 0 amide bonds. The maximum atomic E-state index is 2.57. The van der Waals surface area contributed by atoms with E-state index in [2.05, 4.69) is 298 Å². The van der Waals surface area contributed by atoms with Crippen LogP contribution in [-0.4, -0.2) is 0 Å². The molecule has 0 radical (unpaired) electrons. The van der Waals surface area contributed by atoms with Crippen molar-refractivity contribution in [2.75, 3.05) is 4.90 Å². The van der Waals surface area contributed by atoms with Gasteiger partial charge in [-0.2, -0.15) is 0 Å². The molecule has 0 bridgehead atoms. The Morgan fingerprint density at radius 1 is 0.267 bits per heavy atom. The van der Waals surface area contributed by atoms with E-state index in [4.69, 9.17) is 0 Å². The van der Waals surface area contributed by atoms with Crippen LogP contribution in [0.3, 0.4) is 0 Å². The van der Waals surface area contributed by atoms with E-state index in [0.717, 1.165) is 17.1 Å². The number of benzene rings is 10. The molecule has 0 N–H and O–H groups in total. The maximum Gasteiger partial charge on any atom is 0.0726 e. The first kappa shape index (κ1) is 46.8. The summed E-state index contributed by atoms with van der Waals surface area (Å²) in [6.45, 7) is 21.0. The van der Waals surface area contributed by atoms with Gasteiger partial charge >= 0.3 is 0 Å². The highest BCUT2D eigenvalue weighted by Gasteiger charge is 2.53. The summed E-state index contributed by atoms with van der Waals surface area (Å²) in [4.78, 5) is 2.56. The molecule has 0 heterocycles. The summed E-state index contributed by atoms with van der Waals surface area (Å²) in [6.07, 6.45) is 0. The minimum absolute atomic E-state index is 0.0198. The molecule has 1 nitrogen and oxygen atoms in total. The molecule has 10 aromatic carbocycles. The molecular weight excluding hydrogens is 903 g/mol. The molecule has 3 aliphatic carbocycles. The fraction of sp³-hybridized carbons (Fsp3) is 0.189. The highest BCUT2D eigenvalue weighted by molar-refractivity contribution is 5.98. The summed E-state index contributed by atoms with van der Waals surface area (Å²) < 4.78 is 0. The maximum absolute atomic E-state index is 2.57. The number of rotatable bonds is 6. The topological polar surface area (TPSA) is 3.24 Å². The van der Waals surface area contributed by atoms with Gasteiger partial charge in [0.2, 0.25) is 0 Å². The Hall–Kier alpha value is -8.00. The van der Waals surface area contributed by atoms with Gasteiger partial charge in [0.1, 0.15) is 0 Å². The molecular formula is C74H65N. The molecule has 2 atom stereocenters. The van der Waals surface area contributed by atoms with Crippen LogP contribution in [0.5, 0.6) is 0 Å². The fourth-order valence-electron chi connectivity index (χ4n) is 13.3. The minimum Gasteiger partial charge on any atom is -0.310 e. The van der Waals surface area contributed by atoms with E-state index in [-0.39, 0.29) is 16.2 Å². The number of fused-ring (bicyclic) bond motifs is 13. The third-order valence-corrected chi connectivity index (χ3v) is 17.1. The van der Waals surface area contributed by atoms with Gasteiger partial charge in [0, 0.05) is 16.9 Å². The quantitative estimate of drug-likeness (QED) is 0.160. The molecule has 0 saturated carbocycles. The molecule has 0 saturated heterocycles. The van der Waals surface area contributed by atoms with Crippen LogP contribution in [0.4, 0.5) is 17.1 Å². The molecule has 2 unspecified atom stereocenters. The van der Waals surface area contributed by atoms with Crippen molar-refractivity contribution in [3.63, 3.8) is 0 Å². The van der Waals surface area contributed by atoms with E-state index in [1.165, 1.54) is 106 Å². The molecule has 0 aromatic heterocycles. The van der Waals surface area contributed by atoms with Crippen LogP contribution in [0, 0.1) is 0 Å². The monoisotopic (exact) mass is 968 g/mol. The second kappa shape index (κ2) is 16.8. The van der Waals surface area contributed by atoms with Gasteiger partial charge in [-0.1, -0.05) is 263 Å². The summed E-state index contributed by atoms with van der Waals surface area (Å²) in [7, 11) is 0. The number of hydrogen-bond acceptors (Lipinski definition) is 1. The van der Waals surface area contributed by atoms with Crippen LogP contribution in [-0.2, 0) is 27.1 Å². The zero-order valence-corrected chi connectivity index (χ0v) is 44.9. The molecule has 1 heteroatoms. The van der Waals surface area contributed by atoms with E-state index in [0.29, 0.717) is 0 Å². The molecule has 1 spiro atoms. The van der Waals surface area contributed by atoms with Crippen LogP contribution in [0.2, 0.25) is 0 Å². The predicted octanol–water partition coefficient (Wildman–Crippen LogP) is 19.4. The Bertz CT molecular complexity index is 3850. The normalized spacial score (nSPS) is 17.0. The van der Waals surface area contributed by atoms with Gasteiger partial charge in [-0.15, -0.1) is 0 Å². The molecule has 13 rings (SSSR count). The van der Waals surface area contributed by atoms with Gasteiger partial charge in [0.05, 0.1) is 16.5 Å². The van der Waals surface area contributed by atoms with Crippen LogP contribution in [0.1, 0.15) is 124 Å². The molecule has 0 aliphatic heterocycles. The van der Waals surface area contributed by atoms with E-state index < -0.39 is 10.8 Å². The second-order valence-corrected chi connectivity index (χ2v) is 24.5. The van der Waals surface area contributed by atoms with Gasteiger partial charge in [-0.05, 0) is 147 Å². The standard InChI is InChI=1S/C74H65N/c1-70(2,3)49-32-34-51(35-33-49)73(50-24-14-11-15-25-50)63-29-19-16-27-57(63)61-42-38-54(46-67(61)73)75(69-31-21-18-26-56(69)48-22-12-10-13-23-48)55-39-43-62-60-41-37-53(72(7,8)9)45-66(60)74(68(62)47-55)64-30-20-17-28-58(64)59-40-36-52(44-65(59)74)71(4,5)6/h10-47H,1-9H3. The molecule has 10 aromatic rings. The van der Waals surface area contributed by atoms with Crippen molar-refractivity contribution in [3.05, 3.63) is 292 Å². The summed E-state index contributed by atoms with van der Waals surface area (Å²) in [6, 6.07) is 88.5. The van der Waals surface area contributed by atoms with Crippen molar-refractivity contribution >= 4 is 17.1 Å². The average Bonchev–Trinajstić information content (AvgIpc) is 4.02.